The molecule has 0 spiro atoms. The molecule has 2 aromatic carbocycles. The van der Waals surface area contributed by atoms with Crippen LogP contribution in [0.5, 0.6) is 0 Å². The first-order valence-corrected chi connectivity index (χ1v) is 8.78. The average molecular weight is 359 g/mol. The Balaban J connectivity index is 1.86. The van der Waals surface area contributed by atoms with Gasteiger partial charge in [0.1, 0.15) is 6.33 Å². The Bertz CT molecular complexity index is 894. The van der Waals surface area contributed by atoms with Crippen LogP contribution in [-0.4, -0.2) is 26.9 Å². The van der Waals surface area contributed by atoms with Crippen molar-refractivity contribution in [1.82, 2.24) is 14.8 Å². The molecule has 0 unspecified atom stereocenters. The minimum Gasteiger partial charge on any atom is -0.322 e. The predicted octanol–water partition coefficient (Wildman–Crippen LogP) is 4.11. The summed E-state index contributed by atoms with van der Waals surface area (Å²) in [5.74, 6) is 0.486. The summed E-state index contributed by atoms with van der Waals surface area (Å²) in [5, 5.41) is 11.3. The number of thioether (sulfide) groups is 1. The van der Waals surface area contributed by atoms with E-state index in [1.54, 1.807) is 30.2 Å². The zero-order valence-electron chi connectivity index (χ0n) is 13.2. The highest BCUT2D eigenvalue weighted by atomic mass is 35.5. The smallest absolute Gasteiger partial charge is 0.257 e. The van der Waals surface area contributed by atoms with E-state index >= 15 is 0 Å². The van der Waals surface area contributed by atoms with Crippen LogP contribution in [0.2, 0.25) is 5.02 Å². The number of rotatable bonds is 4. The van der Waals surface area contributed by atoms with Gasteiger partial charge in [-0.3, -0.25) is 4.79 Å². The van der Waals surface area contributed by atoms with Gasteiger partial charge in [0, 0.05) is 23.2 Å². The first-order valence-electron chi connectivity index (χ1n) is 7.18. The number of benzene rings is 2. The van der Waals surface area contributed by atoms with Crippen LogP contribution in [0.3, 0.4) is 0 Å². The summed E-state index contributed by atoms with van der Waals surface area (Å²) in [6, 6.07) is 12.9. The summed E-state index contributed by atoms with van der Waals surface area (Å²) in [6.45, 7) is 0. The van der Waals surface area contributed by atoms with Gasteiger partial charge < -0.3 is 9.88 Å². The van der Waals surface area contributed by atoms with Gasteiger partial charge in [-0.15, -0.1) is 22.0 Å². The molecule has 0 bridgehead atoms. The zero-order valence-corrected chi connectivity index (χ0v) is 14.7. The van der Waals surface area contributed by atoms with E-state index < -0.39 is 0 Å². The quantitative estimate of drug-likeness (QED) is 0.713. The van der Waals surface area contributed by atoms with E-state index in [0.717, 1.165) is 16.3 Å². The molecule has 1 amide bonds. The molecule has 24 heavy (non-hydrogen) atoms. The van der Waals surface area contributed by atoms with Crippen LogP contribution in [0.15, 0.2) is 53.7 Å². The number of carbonyl (C=O) groups is 1. The lowest BCUT2D eigenvalue weighted by Gasteiger charge is -2.09. The lowest BCUT2D eigenvalue weighted by molar-refractivity contribution is 0.102. The second-order valence-electron chi connectivity index (χ2n) is 5.15. The van der Waals surface area contributed by atoms with Crippen LogP contribution in [0.4, 0.5) is 5.69 Å². The molecule has 122 valence electrons. The fourth-order valence-corrected chi connectivity index (χ4v) is 2.93. The number of halogens is 1. The Labute approximate surface area is 149 Å². The van der Waals surface area contributed by atoms with Crippen molar-refractivity contribution < 1.29 is 4.79 Å². The number of nitrogens with zero attached hydrogens (tertiary/aromatic N) is 3. The lowest BCUT2D eigenvalue weighted by atomic mass is 10.1. The molecule has 3 aromatic rings. The van der Waals surface area contributed by atoms with E-state index in [1.807, 2.05) is 48.2 Å². The maximum atomic E-state index is 12.5. The molecule has 0 atom stereocenters. The molecule has 5 nitrogen and oxygen atoms in total. The summed E-state index contributed by atoms with van der Waals surface area (Å²) in [7, 11) is 1.87. The van der Waals surface area contributed by atoms with E-state index in [2.05, 4.69) is 15.5 Å². The number of hydrogen-bond donors (Lipinski definition) is 1. The summed E-state index contributed by atoms with van der Waals surface area (Å²) >= 11 is 7.72. The topological polar surface area (TPSA) is 59.8 Å². The minimum absolute atomic E-state index is 0.244. The summed E-state index contributed by atoms with van der Waals surface area (Å²) in [4.78, 5) is 13.5. The van der Waals surface area contributed by atoms with Crippen LogP contribution in [0.25, 0.3) is 11.4 Å². The van der Waals surface area contributed by atoms with Crippen molar-refractivity contribution in [3.05, 3.63) is 59.4 Å². The third kappa shape index (κ3) is 3.44. The van der Waals surface area contributed by atoms with E-state index in [9.17, 15) is 4.79 Å². The van der Waals surface area contributed by atoms with Crippen molar-refractivity contribution in [2.24, 2.45) is 7.05 Å². The van der Waals surface area contributed by atoms with Gasteiger partial charge >= 0.3 is 0 Å². The molecular formula is C17H15ClN4OS. The van der Waals surface area contributed by atoms with E-state index in [1.165, 1.54) is 0 Å². The average Bonchev–Trinajstić information content (AvgIpc) is 3.01. The summed E-state index contributed by atoms with van der Waals surface area (Å²) in [5.41, 5.74) is 2.00. The summed E-state index contributed by atoms with van der Waals surface area (Å²) < 4.78 is 1.82. The van der Waals surface area contributed by atoms with Crippen LogP contribution >= 0.6 is 23.4 Å². The third-order valence-corrected chi connectivity index (χ3v) is 4.56. The lowest BCUT2D eigenvalue weighted by Crippen LogP contribution is -2.12. The van der Waals surface area contributed by atoms with E-state index in [4.69, 9.17) is 11.6 Å². The molecule has 0 aliphatic heterocycles. The van der Waals surface area contributed by atoms with Crippen molar-refractivity contribution in [1.29, 1.82) is 0 Å². The Morgan fingerprint density at radius 2 is 2.08 bits per heavy atom. The van der Waals surface area contributed by atoms with Crippen LogP contribution in [0, 0.1) is 0 Å². The van der Waals surface area contributed by atoms with Gasteiger partial charge in [0.25, 0.3) is 5.91 Å². The van der Waals surface area contributed by atoms with Crippen molar-refractivity contribution in [3.8, 4) is 11.4 Å². The maximum Gasteiger partial charge on any atom is 0.257 e. The highest BCUT2D eigenvalue weighted by Crippen LogP contribution is 2.25. The van der Waals surface area contributed by atoms with Gasteiger partial charge in [-0.25, -0.2) is 0 Å². The third-order valence-electron chi connectivity index (χ3n) is 3.51. The largest absolute Gasteiger partial charge is 0.322 e. The molecule has 7 heteroatoms. The number of hydrogen-bond acceptors (Lipinski definition) is 4. The number of aromatic nitrogens is 3. The number of amides is 1. The Morgan fingerprint density at radius 1 is 1.25 bits per heavy atom. The van der Waals surface area contributed by atoms with Crippen molar-refractivity contribution >= 4 is 35.0 Å². The zero-order chi connectivity index (χ0) is 17.1. The minimum atomic E-state index is -0.244. The van der Waals surface area contributed by atoms with E-state index in [-0.39, 0.29) is 5.91 Å². The monoisotopic (exact) mass is 358 g/mol. The molecule has 1 heterocycles. The number of nitrogens with one attached hydrogen (secondary N) is 1. The van der Waals surface area contributed by atoms with Gasteiger partial charge in [-0.05, 0) is 36.6 Å². The molecule has 0 fully saturated rings. The van der Waals surface area contributed by atoms with Crippen LogP contribution in [0.1, 0.15) is 10.4 Å². The van der Waals surface area contributed by atoms with Crippen molar-refractivity contribution in [2.45, 2.75) is 4.90 Å². The number of anilines is 1. The predicted molar refractivity (Wildman–Crippen MR) is 97.6 cm³/mol. The maximum absolute atomic E-state index is 12.5. The molecule has 0 saturated carbocycles. The molecule has 0 aliphatic carbocycles. The number of aryl methyl sites for hydroxylation is 1. The molecule has 1 aromatic heterocycles. The Morgan fingerprint density at radius 3 is 2.79 bits per heavy atom. The first kappa shape index (κ1) is 16.5. The summed E-state index contributed by atoms with van der Waals surface area (Å²) in [6.07, 6.45) is 3.59. The van der Waals surface area contributed by atoms with Crippen molar-refractivity contribution in [3.63, 3.8) is 0 Å². The highest BCUT2D eigenvalue weighted by Gasteiger charge is 2.12. The highest BCUT2D eigenvalue weighted by molar-refractivity contribution is 7.98. The van der Waals surface area contributed by atoms with Gasteiger partial charge in [0.05, 0.1) is 10.6 Å². The fraction of sp³-hybridized carbons (Fsp3) is 0.118. The van der Waals surface area contributed by atoms with Gasteiger partial charge in [0.2, 0.25) is 0 Å². The Hall–Kier alpha value is -2.31. The first-order chi connectivity index (χ1) is 11.6. The van der Waals surface area contributed by atoms with Gasteiger partial charge in [-0.2, -0.15) is 0 Å². The normalized spacial score (nSPS) is 10.6. The standard InChI is InChI=1S/C17H15ClN4OS/c1-22-10-19-21-16(22)11-4-3-5-12(8-11)20-17(23)14-9-13(24-2)6-7-15(14)18/h3-10H,1-2H3,(H,20,23). The van der Waals surface area contributed by atoms with Crippen LogP contribution in [-0.2, 0) is 7.05 Å². The second kappa shape index (κ2) is 7.07. The molecule has 1 N–H and O–H groups in total. The second-order valence-corrected chi connectivity index (χ2v) is 6.43. The van der Waals surface area contributed by atoms with E-state index in [0.29, 0.717) is 16.3 Å². The molecule has 3 rings (SSSR count). The molecular weight excluding hydrogens is 344 g/mol. The Kier molecular flexibility index (Phi) is 4.87. The SMILES string of the molecule is CSc1ccc(Cl)c(C(=O)Nc2cccc(-c3nncn3C)c2)c1. The molecule has 0 aliphatic rings. The number of carbonyl (C=O) groups excluding carboxylic acids is 1. The molecule has 0 radical (unpaired) electrons. The van der Waals surface area contributed by atoms with Crippen LogP contribution < -0.4 is 5.32 Å². The fourth-order valence-electron chi connectivity index (χ4n) is 2.28. The van der Waals surface area contributed by atoms with Gasteiger partial charge in [0.15, 0.2) is 5.82 Å². The molecule has 0 saturated heterocycles. The van der Waals surface area contributed by atoms with Gasteiger partial charge in [-0.1, -0.05) is 23.7 Å². The van der Waals surface area contributed by atoms with Crippen molar-refractivity contribution in [2.75, 3.05) is 11.6 Å².